The van der Waals surface area contributed by atoms with E-state index in [0.717, 1.165) is 0 Å². The Balaban J connectivity index is 2.75. The van der Waals surface area contributed by atoms with Crippen molar-refractivity contribution in [3.05, 3.63) is 58.7 Å². The van der Waals surface area contributed by atoms with E-state index < -0.39 is 0 Å². The molecule has 0 radical (unpaired) electrons. The first-order valence-electron chi connectivity index (χ1n) is 10.1. The smallest absolute Gasteiger partial charge is 0.0126 e. The van der Waals surface area contributed by atoms with Crippen LogP contribution >= 0.6 is 0 Å². The first-order chi connectivity index (χ1) is 11.8. The zero-order valence-electron chi connectivity index (χ0n) is 18.6. The molecule has 0 saturated carbocycles. The van der Waals surface area contributed by atoms with Crippen LogP contribution in [0.2, 0.25) is 0 Å². The molecule has 0 nitrogen and oxygen atoms in total. The first kappa shape index (κ1) is 20.7. The van der Waals surface area contributed by atoms with Crippen LogP contribution < -0.4 is 0 Å². The van der Waals surface area contributed by atoms with Crippen LogP contribution in [0.4, 0.5) is 0 Å². The highest BCUT2D eigenvalue weighted by Gasteiger charge is 2.23. The normalized spacial score (nSPS) is 12.9. The standard InChI is InChI=1S/C26H38/c1-17(2)19-13-20(18(3)4)15-21(14-19)23-12-11-22(25(5,6)7)16-24(23)26(8,9)10/h11-18H,1-10H3. The van der Waals surface area contributed by atoms with Gasteiger partial charge in [-0.25, -0.2) is 0 Å². The highest BCUT2D eigenvalue weighted by molar-refractivity contribution is 5.71. The Morgan fingerprint density at radius 2 is 1.12 bits per heavy atom. The molecule has 0 aliphatic rings. The molecule has 142 valence electrons. The van der Waals surface area contributed by atoms with Crippen molar-refractivity contribution in [2.75, 3.05) is 0 Å². The summed E-state index contributed by atoms with van der Waals surface area (Å²) in [5.74, 6) is 1.08. The lowest BCUT2D eigenvalue weighted by atomic mass is 9.76. The van der Waals surface area contributed by atoms with Crippen molar-refractivity contribution in [2.24, 2.45) is 0 Å². The van der Waals surface area contributed by atoms with E-state index in [1.807, 2.05) is 0 Å². The Hall–Kier alpha value is -1.56. The Labute approximate surface area is 162 Å². The summed E-state index contributed by atoms with van der Waals surface area (Å²) in [4.78, 5) is 0. The molecule has 0 saturated heterocycles. The minimum atomic E-state index is 0.114. The van der Waals surface area contributed by atoms with E-state index in [0.29, 0.717) is 11.8 Å². The molecule has 0 aliphatic heterocycles. The van der Waals surface area contributed by atoms with E-state index in [-0.39, 0.29) is 10.8 Å². The molecule has 26 heavy (non-hydrogen) atoms. The van der Waals surface area contributed by atoms with E-state index in [2.05, 4.69) is 106 Å². The number of rotatable bonds is 3. The summed E-state index contributed by atoms with van der Waals surface area (Å²) in [6, 6.07) is 14.3. The van der Waals surface area contributed by atoms with Gasteiger partial charge < -0.3 is 0 Å². The van der Waals surface area contributed by atoms with Crippen LogP contribution in [-0.2, 0) is 10.8 Å². The van der Waals surface area contributed by atoms with Gasteiger partial charge in [0.1, 0.15) is 0 Å². The summed E-state index contributed by atoms with van der Waals surface area (Å²) in [5, 5.41) is 0. The monoisotopic (exact) mass is 350 g/mol. The van der Waals surface area contributed by atoms with Gasteiger partial charge in [0.25, 0.3) is 0 Å². The molecule has 2 aromatic carbocycles. The third-order valence-electron chi connectivity index (χ3n) is 5.32. The molecule has 0 unspecified atom stereocenters. The zero-order chi connectivity index (χ0) is 19.9. The molecule has 0 N–H and O–H groups in total. The average Bonchev–Trinajstić information content (AvgIpc) is 2.52. The quantitative estimate of drug-likeness (QED) is 0.523. The van der Waals surface area contributed by atoms with Gasteiger partial charge in [0.05, 0.1) is 0 Å². The summed E-state index contributed by atoms with van der Waals surface area (Å²) >= 11 is 0. The molecule has 0 amide bonds. The Kier molecular flexibility index (Phi) is 5.76. The highest BCUT2D eigenvalue weighted by Crippen LogP contribution is 2.38. The average molecular weight is 351 g/mol. The van der Waals surface area contributed by atoms with E-state index in [1.54, 1.807) is 0 Å². The predicted octanol–water partition coefficient (Wildman–Crippen LogP) is 8.20. The van der Waals surface area contributed by atoms with E-state index in [9.17, 15) is 0 Å². The lowest BCUT2D eigenvalue weighted by Crippen LogP contribution is -2.17. The van der Waals surface area contributed by atoms with Crippen LogP contribution in [0.1, 0.15) is 103 Å². The predicted molar refractivity (Wildman–Crippen MR) is 117 cm³/mol. The maximum Gasteiger partial charge on any atom is -0.0126 e. The van der Waals surface area contributed by atoms with E-state index >= 15 is 0 Å². The molecule has 2 rings (SSSR count). The summed E-state index contributed by atoms with van der Waals surface area (Å²) in [5.41, 5.74) is 8.76. The molecule has 0 atom stereocenters. The van der Waals surface area contributed by atoms with Crippen LogP contribution in [0.5, 0.6) is 0 Å². The molecule has 0 heteroatoms. The Bertz CT molecular complexity index is 735. The van der Waals surface area contributed by atoms with Crippen molar-refractivity contribution < 1.29 is 0 Å². The van der Waals surface area contributed by atoms with Crippen LogP contribution in [0.25, 0.3) is 11.1 Å². The van der Waals surface area contributed by atoms with Gasteiger partial charge in [-0.1, -0.05) is 106 Å². The Morgan fingerprint density at radius 3 is 1.50 bits per heavy atom. The van der Waals surface area contributed by atoms with Crippen LogP contribution in [0, 0.1) is 0 Å². The minimum absolute atomic E-state index is 0.114. The molecule has 0 fully saturated rings. The van der Waals surface area contributed by atoms with E-state index in [4.69, 9.17) is 0 Å². The topological polar surface area (TPSA) is 0 Å². The minimum Gasteiger partial charge on any atom is -0.0587 e. The lowest BCUT2D eigenvalue weighted by Gasteiger charge is -2.28. The third kappa shape index (κ3) is 4.58. The number of hydrogen-bond donors (Lipinski definition) is 0. The molecule has 0 aromatic heterocycles. The van der Waals surface area contributed by atoms with Crippen LogP contribution in [-0.4, -0.2) is 0 Å². The molecular weight excluding hydrogens is 312 g/mol. The van der Waals surface area contributed by atoms with Crippen molar-refractivity contribution in [2.45, 2.75) is 91.9 Å². The number of benzene rings is 2. The lowest BCUT2D eigenvalue weighted by molar-refractivity contribution is 0.570. The van der Waals surface area contributed by atoms with E-state index in [1.165, 1.54) is 33.4 Å². The second-order valence-electron chi connectivity index (χ2n) is 10.5. The summed E-state index contributed by atoms with van der Waals surface area (Å²) in [7, 11) is 0. The van der Waals surface area contributed by atoms with Crippen molar-refractivity contribution in [3.63, 3.8) is 0 Å². The zero-order valence-corrected chi connectivity index (χ0v) is 18.6. The first-order valence-corrected chi connectivity index (χ1v) is 10.1. The van der Waals surface area contributed by atoms with Gasteiger partial charge in [0.2, 0.25) is 0 Å². The maximum atomic E-state index is 2.44. The van der Waals surface area contributed by atoms with Gasteiger partial charge >= 0.3 is 0 Å². The van der Waals surface area contributed by atoms with Gasteiger partial charge in [-0.05, 0) is 56.0 Å². The van der Waals surface area contributed by atoms with Gasteiger partial charge in [-0.15, -0.1) is 0 Å². The molecular formula is C26H38. The molecule has 2 aromatic rings. The second-order valence-corrected chi connectivity index (χ2v) is 10.5. The fourth-order valence-corrected chi connectivity index (χ4v) is 3.38. The van der Waals surface area contributed by atoms with Crippen LogP contribution in [0.15, 0.2) is 36.4 Å². The maximum absolute atomic E-state index is 2.44. The molecule has 0 bridgehead atoms. The largest absolute Gasteiger partial charge is 0.0587 e. The van der Waals surface area contributed by atoms with Crippen molar-refractivity contribution in [3.8, 4) is 11.1 Å². The van der Waals surface area contributed by atoms with Crippen molar-refractivity contribution in [1.82, 2.24) is 0 Å². The van der Waals surface area contributed by atoms with Gasteiger partial charge in [-0.2, -0.15) is 0 Å². The summed E-state index contributed by atoms with van der Waals surface area (Å²) in [6.07, 6.45) is 0. The molecule has 0 aliphatic carbocycles. The third-order valence-corrected chi connectivity index (χ3v) is 5.32. The fourth-order valence-electron chi connectivity index (χ4n) is 3.38. The molecule has 0 spiro atoms. The van der Waals surface area contributed by atoms with Gasteiger partial charge in [-0.3, -0.25) is 0 Å². The second kappa shape index (κ2) is 7.22. The van der Waals surface area contributed by atoms with Crippen molar-refractivity contribution >= 4 is 0 Å². The summed E-state index contributed by atoms with van der Waals surface area (Å²) < 4.78 is 0. The fraction of sp³-hybridized carbons (Fsp3) is 0.538. The number of hydrogen-bond acceptors (Lipinski definition) is 0. The van der Waals surface area contributed by atoms with Gasteiger partial charge in [0, 0.05) is 0 Å². The SMILES string of the molecule is CC(C)c1cc(-c2ccc(C(C)(C)C)cc2C(C)(C)C)cc(C(C)C)c1. The van der Waals surface area contributed by atoms with Gasteiger partial charge in [0.15, 0.2) is 0 Å². The summed E-state index contributed by atoms with van der Waals surface area (Å²) in [6.45, 7) is 23.0. The molecule has 0 heterocycles. The Morgan fingerprint density at radius 1 is 0.615 bits per heavy atom. The van der Waals surface area contributed by atoms with Crippen LogP contribution in [0.3, 0.4) is 0 Å². The highest BCUT2D eigenvalue weighted by atomic mass is 14.3. The van der Waals surface area contributed by atoms with Crippen molar-refractivity contribution in [1.29, 1.82) is 0 Å².